The van der Waals surface area contributed by atoms with E-state index in [1.54, 1.807) is 43.6 Å². The number of hydrogen-bond donors (Lipinski definition) is 1. The lowest BCUT2D eigenvalue weighted by atomic mass is 10.2. The second-order valence-electron chi connectivity index (χ2n) is 5.54. The molecule has 1 aromatic heterocycles. The van der Waals surface area contributed by atoms with Crippen LogP contribution >= 0.6 is 0 Å². The normalized spacial score (nSPS) is 12.2. The second-order valence-corrected chi connectivity index (χ2v) is 7.59. The van der Waals surface area contributed by atoms with Crippen molar-refractivity contribution in [3.05, 3.63) is 59.9 Å². The van der Waals surface area contributed by atoms with Gasteiger partial charge in [0.25, 0.3) is 5.91 Å². The number of likely N-dealkylation sites (N-methyl/N-ethyl adjacent to an activating group) is 1. The number of carbonyl (C=O) groups is 1. The molecule has 0 aliphatic carbocycles. The van der Waals surface area contributed by atoms with Crippen LogP contribution in [-0.4, -0.2) is 42.9 Å². The number of benzene rings is 1. The summed E-state index contributed by atoms with van der Waals surface area (Å²) in [5, 5.41) is 3.98. The molecule has 1 aromatic carbocycles. The first-order valence-corrected chi connectivity index (χ1v) is 9.01. The summed E-state index contributed by atoms with van der Waals surface area (Å²) in [4.78, 5) is 16.0. The van der Waals surface area contributed by atoms with Crippen LogP contribution in [0.25, 0.3) is 0 Å². The first-order valence-electron chi connectivity index (χ1n) is 7.57. The average Bonchev–Trinajstić information content (AvgIpc) is 2.60. The van der Waals surface area contributed by atoms with E-state index in [9.17, 15) is 13.2 Å². The standard InChI is InChI=1S/C17H20N4O3S/c1-13-4-6-16(7-5-13)25(23,24)21(3)12-17(22)20-19-14(2)15-8-10-18-11-9-15/h4-11H,12H2,1-3H3,(H,20,22)/b19-14-. The van der Waals surface area contributed by atoms with E-state index in [-0.39, 0.29) is 11.4 Å². The van der Waals surface area contributed by atoms with Gasteiger partial charge in [-0.2, -0.15) is 9.41 Å². The van der Waals surface area contributed by atoms with Crippen LogP contribution in [0.15, 0.2) is 58.8 Å². The summed E-state index contributed by atoms with van der Waals surface area (Å²) in [5.41, 5.74) is 4.74. The molecule has 7 nitrogen and oxygen atoms in total. The van der Waals surface area contributed by atoms with Crippen molar-refractivity contribution < 1.29 is 13.2 Å². The second kappa shape index (κ2) is 8.00. The highest BCUT2D eigenvalue weighted by Gasteiger charge is 2.22. The van der Waals surface area contributed by atoms with Crippen LogP contribution < -0.4 is 5.43 Å². The largest absolute Gasteiger partial charge is 0.272 e. The van der Waals surface area contributed by atoms with Crippen molar-refractivity contribution in [2.75, 3.05) is 13.6 Å². The number of nitrogens with one attached hydrogen (secondary N) is 1. The number of sulfonamides is 1. The molecule has 2 aromatic rings. The Morgan fingerprint density at radius 1 is 1.16 bits per heavy atom. The molecular weight excluding hydrogens is 340 g/mol. The van der Waals surface area contributed by atoms with Crippen LogP contribution in [0.1, 0.15) is 18.1 Å². The molecule has 0 unspecified atom stereocenters. The molecule has 25 heavy (non-hydrogen) atoms. The smallest absolute Gasteiger partial charge is 0.255 e. The summed E-state index contributed by atoms with van der Waals surface area (Å²) in [7, 11) is -2.37. The van der Waals surface area contributed by atoms with Crippen molar-refractivity contribution in [3.63, 3.8) is 0 Å². The minimum atomic E-state index is -3.73. The quantitative estimate of drug-likeness (QED) is 0.625. The molecular formula is C17H20N4O3S. The van der Waals surface area contributed by atoms with Crippen molar-refractivity contribution in [3.8, 4) is 0 Å². The van der Waals surface area contributed by atoms with E-state index >= 15 is 0 Å². The van der Waals surface area contributed by atoms with Gasteiger partial charge in [-0.05, 0) is 38.1 Å². The lowest BCUT2D eigenvalue weighted by Crippen LogP contribution is -2.36. The van der Waals surface area contributed by atoms with E-state index in [1.807, 2.05) is 6.92 Å². The molecule has 0 atom stereocenters. The minimum Gasteiger partial charge on any atom is -0.272 e. The summed E-state index contributed by atoms with van der Waals surface area (Å²) >= 11 is 0. The van der Waals surface area contributed by atoms with Crippen LogP contribution in [0.4, 0.5) is 0 Å². The van der Waals surface area contributed by atoms with Crippen LogP contribution in [-0.2, 0) is 14.8 Å². The van der Waals surface area contributed by atoms with Crippen LogP contribution in [0.2, 0.25) is 0 Å². The molecule has 0 fully saturated rings. The first kappa shape index (κ1) is 18.8. The fraction of sp³-hybridized carbons (Fsp3) is 0.235. The lowest BCUT2D eigenvalue weighted by Gasteiger charge is -2.16. The monoisotopic (exact) mass is 360 g/mol. The van der Waals surface area contributed by atoms with E-state index in [0.717, 1.165) is 15.4 Å². The van der Waals surface area contributed by atoms with Gasteiger partial charge < -0.3 is 0 Å². The number of aryl methyl sites for hydroxylation is 1. The van der Waals surface area contributed by atoms with Gasteiger partial charge in [0.15, 0.2) is 0 Å². The number of amides is 1. The Morgan fingerprint density at radius 3 is 2.36 bits per heavy atom. The zero-order valence-electron chi connectivity index (χ0n) is 14.3. The molecule has 1 N–H and O–H groups in total. The fourth-order valence-corrected chi connectivity index (χ4v) is 3.14. The van der Waals surface area contributed by atoms with Crippen molar-refractivity contribution in [2.45, 2.75) is 18.7 Å². The first-order chi connectivity index (χ1) is 11.8. The van der Waals surface area contributed by atoms with E-state index in [0.29, 0.717) is 5.71 Å². The third kappa shape index (κ3) is 4.94. The Hall–Kier alpha value is -2.58. The Morgan fingerprint density at radius 2 is 1.76 bits per heavy atom. The highest BCUT2D eigenvalue weighted by atomic mass is 32.2. The van der Waals surface area contributed by atoms with E-state index < -0.39 is 15.9 Å². The summed E-state index contributed by atoms with van der Waals surface area (Å²) in [6.07, 6.45) is 3.25. The lowest BCUT2D eigenvalue weighted by molar-refractivity contribution is -0.121. The summed E-state index contributed by atoms with van der Waals surface area (Å²) in [6, 6.07) is 9.99. The molecule has 0 spiro atoms. The molecule has 2 rings (SSSR count). The van der Waals surface area contributed by atoms with Gasteiger partial charge in [-0.3, -0.25) is 9.78 Å². The van der Waals surface area contributed by atoms with E-state index in [2.05, 4.69) is 15.5 Å². The van der Waals surface area contributed by atoms with Crippen molar-refractivity contribution in [1.82, 2.24) is 14.7 Å². The Labute approximate surface area is 147 Å². The Balaban J connectivity index is 2.01. The van der Waals surface area contributed by atoms with Gasteiger partial charge in [-0.15, -0.1) is 0 Å². The van der Waals surface area contributed by atoms with Crippen molar-refractivity contribution in [1.29, 1.82) is 0 Å². The molecule has 0 aliphatic heterocycles. The maximum absolute atomic E-state index is 12.4. The summed E-state index contributed by atoms with van der Waals surface area (Å²) in [5.74, 6) is -0.522. The fourth-order valence-electron chi connectivity index (χ4n) is 2.02. The van der Waals surface area contributed by atoms with E-state index in [4.69, 9.17) is 0 Å². The molecule has 1 heterocycles. The van der Waals surface area contributed by atoms with Crippen LogP contribution in [0.3, 0.4) is 0 Å². The summed E-state index contributed by atoms with van der Waals surface area (Å²) in [6.45, 7) is 3.28. The third-order valence-corrected chi connectivity index (χ3v) is 5.36. The maximum Gasteiger partial charge on any atom is 0.255 e. The van der Waals surface area contributed by atoms with Gasteiger partial charge >= 0.3 is 0 Å². The zero-order valence-corrected chi connectivity index (χ0v) is 15.1. The highest BCUT2D eigenvalue weighted by Crippen LogP contribution is 2.14. The number of nitrogens with zero attached hydrogens (tertiary/aromatic N) is 3. The molecule has 0 bridgehead atoms. The molecule has 0 radical (unpaired) electrons. The number of aromatic nitrogens is 1. The molecule has 0 aliphatic rings. The topological polar surface area (TPSA) is 91.7 Å². The molecule has 132 valence electrons. The number of hydrogen-bond acceptors (Lipinski definition) is 5. The van der Waals surface area contributed by atoms with Gasteiger partial charge in [0.2, 0.25) is 10.0 Å². The van der Waals surface area contributed by atoms with Gasteiger partial charge in [-0.25, -0.2) is 13.8 Å². The van der Waals surface area contributed by atoms with Gasteiger partial charge in [-0.1, -0.05) is 17.7 Å². The maximum atomic E-state index is 12.4. The molecule has 1 amide bonds. The predicted molar refractivity (Wildman–Crippen MR) is 95.6 cm³/mol. The average molecular weight is 360 g/mol. The molecule has 8 heteroatoms. The molecule has 0 saturated carbocycles. The van der Waals surface area contributed by atoms with Crippen LogP contribution in [0.5, 0.6) is 0 Å². The predicted octanol–water partition coefficient (Wildman–Crippen LogP) is 1.55. The summed E-state index contributed by atoms with van der Waals surface area (Å²) < 4.78 is 25.9. The van der Waals surface area contributed by atoms with Crippen LogP contribution in [0, 0.1) is 6.92 Å². The van der Waals surface area contributed by atoms with Crippen molar-refractivity contribution in [2.24, 2.45) is 5.10 Å². The number of rotatable bonds is 6. The minimum absolute atomic E-state index is 0.143. The number of pyridine rings is 1. The van der Waals surface area contributed by atoms with E-state index in [1.165, 1.54) is 19.2 Å². The van der Waals surface area contributed by atoms with Gasteiger partial charge in [0.1, 0.15) is 0 Å². The zero-order chi connectivity index (χ0) is 18.4. The SMILES string of the molecule is C/C(=N/NC(=O)CN(C)S(=O)(=O)c1ccc(C)cc1)c1ccncc1. The Kier molecular flexibility index (Phi) is 6.00. The molecule has 0 saturated heterocycles. The number of hydrazone groups is 1. The van der Waals surface area contributed by atoms with Crippen molar-refractivity contribution >= 4 is 21.6 Å². The number of carbonyl (C=O) groups excluding carboxylic acids is 1. The highest BCUT2D eigenvalue weighted by molar-refractivity contribution is 7.89. The van der Waals surface area contributed by atoms with Gasteiger partial charge in [0.05, 0.1) is 17.2 Å². The van der Waals surface area contributed by atoms with Gasteiger partial charge in [0, 0.05) is 25.0 Å². The Bertz CT molecular complexity index is 863. The third-order valence-electron chi connectivity index (χ3n) is 3.54.